The molecule has 13 heavy (non-hydrogen) atoms. The van der Waals surface area contributed by atoms with Gasteiger partial charge in [0.05, 0.1) is 12.7 Å². The summed E-state index contributed by atoms with van der Waals surface area (Å²) in [6.45, 7) is 0. The lowest BCUT2D eigenvalue weighted by Gasteiger charge is -2.00. The molecule has 1 saturated carbocycles. The molecule has 0 aromatic heterocycles. The number of hydrogen-bond donors (Lipinski definition) is 0. The van der Waals surface area contributed by atoms with E-state index in [4.69, 9.17) is 0 Å². The van der Waals surface area contributed by atoms with Gasteiger partial charge in [0.15, 0.2) is 0 Å². The molecule has 2 nitrogen and oxygen atoms in total. The van der Waals surface area contributed by atoms with Gasteiger partial charge < -0.3 is 4.74 Å². The number of benzene rings is 1. The smallest absolute Gasteiger partial charge is 0.337 e. The van der Waals surface area contributed by atoms with E-state index in [9.17, 15) is 4.79 Å². The van der Waals surface area contributed by atoms with Gasteiger partial charge >= 0.3 is 5.97 Å². The van der Waals surface area contributed by atoms with Gasteiger partial charge in [-0.15, -0.1) is 0 Å². The Kier molecular flexibility index (Phi) is 2.05. The summed E-state index contributed by atoms with van der Waals surface area (Å²) in [4.78, 5) is 11.1. The third-order valence-electron chi connectivity index (χ3n) is 2.23. The topological polar surface area (TPSA) is 26.3 Å². The largest absolute Gasteiger partial charge is 0.465 e. The first-order valence-corrected chi connectivity index (χ1v) is 4.33. The van der Waals surface area contributed by atoms with Crippen LogP contribution >= 0.6 is 0 Å². The summed E-state index contributed by atoms with van der Waals surface area (Å²) in [6.07, 6.45) is 3.41. The van der Waals surface area contributed by atoms with Crippen LogP contribution in [-0.4, -0.2) is 13.1 Å². The van der Waals surface area contributed by atoms with E-state index in [1.165, 1.54) is 12.7 Å². The predicted octanol–water partition coefficient (Wildman–Crippen LogP) is 2.16. The van der Waals surface area contributed by atoms with Crippen molar-refractivity contribution in [2.45, 2.75) is 12.3 Å². The van der Waals surface area contributed by atoms with Crippen molar-refractivity contribution in [2.75, 3.05) is 7.11 Å². The Morgan fingerprint density at radius 1 is 1.38 bits per heavy atom. The van der Waals surface area contributed by atoms with Gasteiger partial charge in [-0.3, -0.25) is 0 Å². The van der Waals surface area contributed by atoms with Gasteiger partial charge in [0.2, 0.25) is 0 Å². The molecule has 1 aliphatic rings. The van der Waals surface area contributed by atoms with E-state index in [1.807, 2.05) is 24.3 Å². The van der Waals surface area contributed by atoms with Gasteiger partial charge in [0.25, 0.3) is 0 Å². The van der Waals surface area contributed by atoms with Gasteiger partial charge in [-0.1, -0.05) is 12.1 Å². The Morgan fingerprint density at radius 3 is 2.46 bits per heavy atom. The maximum Gasteiger partial charge on any atom is 0.337 e. The number of ether oxygens (including phenoxy) is 1. The summed E-state index contributed by atoms with van der Waals surface area (Å²) in [5.74, 6) is 0.345. The fraction of sp³-hybridized carbons (Fsp3) is 0.273. The second-order valence-corrected chi connectivity index (χ2v) is 3.19. The van der Waals surface area contributed by atoms with Crippen molar-refractivity contribution in [3.8, 4) is 0 Å². The second-order valence-electron chi connectivity index (χ2n) is 3.19. The van der Waals surface area contributed by atoms with E-state index in [-0.39, 0.29) is 5.97 Å². The molecule has 0 heterocycles. The first-order chi connectivity index (χ1) is 6.31. The van der Waals surface area contributed by atoms with E-state index in [1.54, 1.807) is 0 Å². The van der Waals surface area contributed by atoms with Crippen LogP contribution in [0.15, 0.2) is 24.3 Å². The van der Waals surface area contributed by atoms with Crippen molar-refractivity contribution in [1.82, 2.24) is 0 Å². The first kappa shape index (κ1) is 8.30. The van der Waals surface area contributed by atoms with Gasteiger partial charge in [-0.2, -0.15) is 0 Å². The summed E-state index contributed by atoms with van der Waals surface area (Å²) in [7, 11) is 1.39. The van der Waals surface area contributed by atoms with Crippen LogP contribution in [0.2, 0.25) is 0 Å². The third-order valence-corrected chi connectivity index (χ3v) is 2.23. The number of hydrogen-bond acceptors (Lipinski definition) is 2. The van der Waals surface area contributed by atoms with Crippen molar-refractivity contribution in [3.63, 3.8) is 0 Å². The highest BCUT2D eigenvalue weighted by Gasteiger charge is 2.23. The zero-order valence-corrected chi connectivity index (χ0v) is 7.49. The SMILES string of the molecule is COC(=O)c1ccc(C2[CH]C2)cc1. The molecule has 0 spiro atoms. The van der Waals surface area contributed by atoms with E-state index < -0.39 is 0 Å². The minimum absolute atomic E-state index is 0.272. The van der Waals surface area contributed by atoms with Crippen LogP contribution in [-0.2, 0) is 4.74 Å². The molecule has 1 aromatic carbocycles. The Balaban J connectivity index is 2.17. The van der Waals surface area contributed by atoms with E-state index in [0.29, 0.717) is 11.5 Å². The van der Waals surface area contributed by atoms with Gasteiger partial charge in [0.1, 0.15) is 0 Å². The lowest BCUT2D eigenvalue weighted by Crippen LogP contribution is -2.00. The Bertz CT molecular complexity index is 309. The Labute approximate surface area is 77.5 Å². The molecule has 2 heteroatoms. The molecular weight excluding hydrogens is 164 g/mol. The molecule has 0 saturated heterocycles. The number of carbonyl (C=O) groups is 1. The number of methoxy groups -OCH3 is 1. The summed E-state index contributed by atoms with van der Waals surface area (Å²) >= 11 is 0. The lowest BCUT2D eigenvalue weighted by molar-refractivity contribution is 0.0600. The highest BCUT2D eigenvalue weighted by atomic mass is 16.5. The summed E-state index contributed by atoms with van der Waals surface area (Å²) in [6, 6.07) is 7.60. The normalized spacial score (nSPS) is 15.5. The van der Waals surface area contributed by atoms with Crippen LogP contribution in [0, 0.1) is 6.42 Å². The molecule has 1 fully saturated rings. The second kappa shape index (κ2) is 3.21. The van der Waals surface area contributed by atoms with Gasteiger partial charge in [-0.05, 0) is 36.5 Å². The van der Waals surface area contributed by atoms with Crippen molar-refractivity contribution in [2.24, 2.45) is 0 Å². The maximum atomic E-state index is 11.1. The summed E-state index contributed by atoms with van der Waals surface area (Å²) in [5, 5.41) is 0. The fourth-order valence-corrected chi connectivity index (χ4v) is 1.32. The Morgan fingerprint density at radius 2 is 2.00 bits per heavy atom. The van der Waals surface area contributed by atoms with Crippen LogP contribution < -0.4 is 0 Å². The molecule has 1 radical (unpaired) electrons. The molecule has 0 aliphatic heterocycles. The molecule has 2 rings (SSSR count). The van der Waals surface area contributed by atoms with Crippen molar-refractivity contribution in [3.05, 3.63) is 41.8 Å². The highest BCUT2D eigenvalue weighted by molar-refractivity contribution is 5.89. The monoisotopic (exact) mass is 175 g/mol. The van der Waals surface area contributed by atoms with Crippen molar-refractivity contribution in [1.29, 1.82) is 0 Å². The molecule has 0 bridgehead atoms. The molecule has 1 aromatic rings. The first-order valence-electron chi connectivity index (χ1n) is 4.33. The van der Waals surface area contributed by atoms with Crippen LogP contribution in [0.5, 0.6) is 0 Å². The van der Waals surface area contributed by atoms with Crippen LogP contribution in [0.1, 0.15) is 28.3 Å². The average molecular weight is 175 g/mol. The fourth-order valence-electron chi connectivity index (χ4n) is 1.32. The van der Waals surface area contributed by atoms with Gasteiger partial charge in [0, 0.05) is 0 Å². The van der Waals surface area contributed by atoms with E-state index >= 15 is 0 Å². The van der Waals surface area contributed by atoms with Crippen LogP contribution in [0.3, 0.4) is 0 Å². The zero-order chi connectivity index (χ0) is 9.26. The molecule has 67 valence electrons. The molecule has 1 atom stereocenters. The molecule has 0 amide bonds. The summed E-state index contributed by atoms with van der Waals surface area (Å²) < 4.78 is 4.61. The molecule has 0 N–H and O–H groups in total. The molecule has 1 aliphatic carbocycles. The number of rotatable bonds is 2. The Hall–Kier alpha value is -1.31. The quantitative estimate of drug-likeness (QED) is 0.644. The van der Waals surface area contributed by atoms with Gasteiger partial charge in [-0.25, -0.2) is 4.79 Å². The zero-order valence-electron chi connectivity index (χ0n) is 7.49. The molecule has 1 unspecified atom stereocenters. The van der Waals surface area contributed by atoms with Crippen LogP contribution in [0.25, 0.3) is 0 Å². The average Bonchev–Trinajstić information content (AvgIpc) is 3.00. The van der Waals surface area contributed by atoms with E-state index in [0.717, 1.165) is 6.42 Å². The van der Waals surface area contributed by atoms with Crippen molar-refractivity contribution < 1.29 is 9.53 Å². The van der Waals surface area contributed by atoms with E-state index in [2.05, 4.69) is 11.2 Å². The number of esters is 1. The third kappa shape index (κ3) is 1.72. The number of carbonyl (C=O) groups excluding carboxylic acids is 1. The molecular formula is C11H11O2. The minimum Gasteiger partial charge on any atom is -0.465 e. The van der Waals surface area contributed by atoms with Crippen molar-refractivity contribution >= 4 is 5.97 Å². The maximum absolute atomic E-state index is 11.1. The predicted molar refractivity (Wildman–Crippen MR) is 49.4 cm³/mol. The summed E-state index contributed by atoms with van der Waals surface area (Å²) in [5.41, 5.74) is 1.90. The standard InChI is InChI=1S/C11H11O2/c1-13-11(12)10-6-4-9(5-7-10)8-2-3-8/h2,4-8H,3H2,1H3. The highest BCUT2D eigenvalue weighted by Crippen LogP contribution is 2.38. The lowest BCUT2D eigenvalue weighted by atomic mass is 10.1. The van der Waals surface area contributed by atoms with Crippen LogP contribution in [0.4, 0.5) is 0 Å². The minimum atomic E-state index is -0.272.